The molecule has 1 fully saturated rings. The second-order valence-electron chi connectivity index (χ2n) is 6.11. The Morgan fingerprint density at radius 3 is 2.58 bits per heavy atom. The van der Waals surface area contributed by atoms with Gasteiger partial charge in [0.25, 0.3) is 11.8 Å². The molecule has 0 saturated carbocycles. The molecule has 4 rings (SSSR count). The van der Waals surface area contributed by atoms with Crippen LogP contribution in [0.3, 0.4) is 0 Å². The molecular formula is C17H18N4O3. The van der Waals surface area contributed by atoms with Crippen molar-refractivity contribution in [3.8, 4) is 0 Å². The van der Waals surface area contributed by atoms with E-state index in [9.17, 15) is 9.59 Å². The van der Waals surface area contributed by atoms with Crippen molar-refractivity contribution in [2.24, 2.45) is 0 Å². The molecule has 1 aromatic heterocycles. The van der Waals surface area contributed by atoms with Crippen molar-refractivity contribution in [2.75, 3.05) is 13.1 Å². The molecule has 2 aliphatic heterocycles. The van der Waals surface area contributed by atoms with Gasteiger partial charge in [0.15, 0.2) is 5.82 Å². The number of nitrogens with zero attached hydrogens (tertiary/aromatic N) is 3. The van der Waals surface area contributed by atoms with Crippen LogP contribution in [0.4, 0.5) is 0 Å². The van der Waals surface area contributed by atoms with E-state index in [0.717, 1.165) is 25.8 Å². The highest BCUT2D eigenvalue weighted by molar-refractivity contribution is 6.21. The summed E-state index contributed by atoms with van der Waals surface area (Å²) in [5.74, 6) is 0.600. The Kier molecular flexibility index (Phi) is 3.86. The molecule has 2 aromatic rings. The van der Waals surface area contributed by atoms with Gasteiger partial charge in [0.2, 0.25) is 5.89 Å². The normalized spacial score (nSPS) is 20.5. The predicted octanol–water partition coefficient (Wildman–Crippen LogP) is 1.72. The third-order valence-electron chi connectivity index (χ3n) is 4.53. The number of aromatic nitrogens is 2. The van der Waals surface area contributed by atoms with Crippen molar-refractivity contribution in [3.05, 3.63) is 47.1 Å². The fraction of sp³-hybridized carbons (Fsp3) is 0.412. The first-order valence-electron chi connectivity index (χ1n) is 8.25. The van der Waals surface area contributed by atoms with Crippen LogP contribution in [0.2, 0.25) is 0 Å². The minimum absolute atomic E-state index is 0.110. The van der Waals surface area contributed by atoms with Crippen molar-refractivity contribution >= 4 is 11.8 Å². The van der Waals surface area contributed by atoms with E-state index in [2.05, 4.69) is 15.5 Å². The quantitative estimate of drug-likeness (QED) is 0.861. The smallest absolute Gasteiger partial charge is 0.261 e. The van der Waals surface area contributed by atoms with Gasteiger partial charge in [-0.1, -0.05) is 23.7 Å². The lowest BCUT2D eigenvalue weighted by Gasteiger charge is -2.19. The first kappa shape index (κ1) is 15.0. The maximum atomic E-state index is 12.3. The molecule has 7 heteroatoms. The zero-order valence-electron chi connectivity index (χ0n) is 13.2. The molecule has 1 atom stereocenters. The summed E-state index contributed by atoms with van der Waals surface area (Å²) in [7, 11) is 0. The van der Waals surface area contributed by atoms with Crippen molar-refractivity contribution in [1.82, 2.24) is 20.4 Å². The highest BCUT2D eigenvalue weighted by Gasteiger charge is 2.35. The van der Waals surface area contributed by atoms with Crippen molar-refractivity contribution in [3.63, 3.8) is 0 Å². The number of imide groups is 1. The number of benzene rings is 1. The van der Waals surface area contributed by atoms with E-state index < -0.39 is 0 Å². The molecule has 24 heavy (non-hydrogen) atoms. The van der Waals surface area contributed by atoms with Gasteiger partial charge in [-0.15, -0.1) is 0 Å². The van der Waals surface area contributed by atoms with E-state index in [1.165, 1.54) is 4.90 Å². The molecule has 0 unspecified atom stereocenters. The first-order valence-corrected chi connectivity index (χ1v) is 8.25. The SMILES string of the molecule is O=C1c2ccccc2C(=O)N1CCc1noc([C@@H]2CCCCN2)n1. The summed E-state index contributed by atoms with van der Waals surface area (Å²) in [5, 5.41) is 7.33. The zero-order chi connectivity index (χ0) is 16.5. The van der Waals surface area contributed by atoms with Gasteiger partial charge < -0.3 is 9.84 Å². The van der Waals surface area contributed by atoms with E-state index in [-0.39, 0.29) is 24.4 Å². The molecule has 1 N–H and O–H groups in total. The van der Waals surface area contributed by atoms with Gasteiger partial charge in [0, 0.05) is 13.0 Å². The minimum atomic E-state index is -0.256. The number of piperidine rings is 1. The molecule has 0 radical (unpaired) electrons. The van der Waals surface area contributed by atoms with Crippen molar-refractivity contribution in [1.29, 1.82) is 0 Å². The van der Waals surface area contributed by atoms with Gasteiger partial charge >= 0.3 is 0 Å². The molecular weight excluding hydrogens is 308 g/mol. The Morgan fingerprint density at radius 2 is 1.92 bits per heavy atom. The average molecular weight is 326 g/mol. The van der Waals surface area contributed by atoms with E-state index >= 15 is 0 Å². The molecule has 2 amide bonds. The number of hydrogen-bond acceptors (Lipinski definition) is 6. The Bertz CT molecular complexity index is 745. The van der Waals surface area contributed by atoms with Crippen LogP contribution in [0.25, 0.3) is 0 Å². The lowest BCUT2D eigenvalue weighted by Crippen LogP contribution is -2.32. The number of carbonyl (C=O) groups excluding carboxylic acids is 2. The van der Waals surface area contributed by atoms with E-state index in [1.807, 2.05) is 0 Å². The van der Waals surface area contributed by atoms with Gasteiger partial charge in [-0.3, -0.25) is 14.5 Å². The summed E-state index contributed by atoms with van der Waals surface area (Å²) in [6, 6.07) is 6.99. The fourth-order valence-electron chi connectivity index (χ4n) is 3.23. The second-order valence-corrected chi connectivity index (χ2v) is 6.11. The second kappa shape index (κ2) is 6.16. The molecule has 0 bridgehead atoms. The van der Waals surface area contributed by atoms with Gasteiger partial charge in [0.05, 0.1) is 17.2 Å². The minimum Gasteiger partial charge on any atom is -0.338 e. The van der Waals surface area contributed by atoms with E-state index in [4.69, 9.17) is 4.52 Å². The number of rotatable bonds is 4. The number of nitrogens with one attached hydrogen (secondary N) is 1. The van der Waals surface area contributed by atoms with Gasteiger partial charge in [0.1, 0.15) is 0 Å². The maximum Gasteiger partial charge on any atom is 0.261 e. The molecule has 1 aromatic carbocycles. The summed E-state index contributed by atoms with van der Waals surface area (Å²) in [6.07, 6.45) is 3.68. The zero-order valence-corrected chi connectivity index (χ0v) is 13.2. The molecule has 2 aliphatic rings. The molecule has 7 nitrogen and oxygen atoms in total. The van der Waals surface area contributed by atoms with Gasteiger partial charge in [-0.25, -0.2) is 0 Å². The summed E-state index contributed by atoms with van der Waals surface area (Å²) in [4.78, 5) is 30.3. The summed E-state index contributed by atoms with van der Waals surface area (Å²) < 4.78 is 5.32. The van der Waals surface area contributed by atoms with Crippen molar-refractivity contribution < 1.29 is 14.1 Å². The summed E-state index contributed by atoms with van der Waals surface area (Å²) in [5.41, 5.74) is 0.922. The topological polar surface area (TPSA) is 88.3 Å². The van der Waals surface area contributed by atoms with Crippen LogP contribution in [-0.4, -0.2) is 39.9 Å². The van der Waals surface area contributed by atoms with Gasteiger partial charge in [-0.05, 0) is 31.5 Å². The average Bonchev–Trinajstić information content (AvgIpc) is 3.19. The first-order chi connectivity index (χ1) is 11.7. The highest BCUT2D eigenvalue weighted by atomic mass is 16.5. The Hall–Kier alpha value is -2.54. The maximum absolute atomic E-state index is 12.3. The molecule has 3 heterocycles. The van der Waals surface area contributed by atoms with Gasteiger partial charge in [-0.2, -0.15) is 4.98 Å². The number of carbonyl (C=O) groups is 2. The lowest BCUT2D eigenvalue weighted by molar-refractivity contribution is 0.0655. The van der Waals surface area contributed by atoms with Crippen LogP contribution in [0, 0.1) is 0 Å². The molecule has 0 spiro atoms. The monoisotopic (exact) mass is 326 g/mol. The molecule has 0 aliphatic carbocycles. The van der Waals surface area contributed by atoms with Crippen LogP contribution in [0.15, 0.2) is 28.8 Å². The Morgan fingerprint density at radius 1 is 1.17 bits per heavy atom. The third kappa shape index (κ3) is 2.60. The van der Waals surface area contributed by atoms with E-state index in [0.29, 0.717) is 29.3 Å². The largest absolute Gasteiger partial charge is 0.338 e. The Balaban J connectivity index is 1.42. The number of amides is 2. The number of hydrogen-bond donors (Lipinski definition) is 1. The summed E-state index contributed by atoms with van der Waals surface area (Å²) >= 11 is 0. The summed E-state index contributed by atoms with van der Waals surface area (Å²) in [6.45, 7) is 1.21. The van der Waals surface area contributed by atoms with Crippen LogP contribution in [0.5, 0.6) is 0 Å². The highest BCUT2D eigenvalue weighted by Crippen LogP contribution is 2.23. The van der Waals surface area contributed by atoms with Crippen LogP contribution in [-0.2, 0) is 6.42 Å². The molecule has 1 saturated heterocycles. The lowest BCUT2D eigenvalue weighted by atomic mass is 10.1. The van der Waals surface area contributed by atoms with Crippen LogP contribution in [0.1, 0.15) is 57.7 Å². The molecule has 124 valence electrons. The Labute approximate surface area is 139 Å². The van der Waals surface area contributed by atoms with Crippen LogP contribution < -0.4 is 5.32 Å². The standard InChI is InChI=1S/C17H18N4O3/c22-16-11-5-1-2-6-12(11)17(23)21(16)10-8-14-19-15(24-20-14)13-7-3-4-9-18-13/h1-2,5-6,13,18H,3-4,7-10H2/t13-/m0/s1. The number of fused-ring (bicyclic) bond motifs is 1. The van der Waals surface area contributed by atoms with Crippen molar-refractivity contribution in [2.45, 2.75) is 31.7 Å². The van der Waals surface area contributed by atoms with Crippen LogP contribution >= 0.6 is 0 Å². The predicted molar refractivity (Wildman–Crippen MR) is 84.4 cm³/mol. The third-order valence-corrected chi connectivity index (χ3v) is 4.53. The fourth-order valence-corrected chi connectivity index (χ4v) is 3.23. The van der Waals surface area contributed by atoms with E-state index in [1.54, 1.807) is 24.3 Å².